The molecule has 2 heterocycles. The van der Waals surface area contributed by atoms with Crippen LogP contribution in [0.2, 0.25) is 0 Å². The van der Waals surface area contributed by atoms with Gasteiger partial charge in [-0.05, 0) is 12.8 Å². The molecule has 6 heteroatoms. The first-order valence-electron chi connectivity index (χ1n) is 10.8. The summed E-state index contributed by atoms with van der Waals surface area (Å²) in [5.41, 5.74) is 0. The van der Waals surface area contributed by atoms with Gasteiger partial charge in [0.05, 0.1) is 13.2 Å². The molecule has 27 heavy (non-hydrogen) atoms. The van der Waals surface area contributed by atoms with Gasteiger partial charge in [0.1, 0.15) is 12.2 Å². The van der Waals surface area contributed by atoms with Crippen LogP contribution in [0.5, 0.6) is 0 Å². The lowest BCUT2D eigenvalue weighted by molar-refractivity contribution is -0.155. The van der Waals surface area contributed by atoms with Crippen molar-refractivity contribution in [2.24, 2.45) is 0 Å². The Balaban J connectivity index is 1.58. The van der Waals surface area contributed by atoms with Crippen LogP contribution in [0.1, 0.15) is 84.5 Å². The lowest BCUT2D eigenvalue weighted by Gasteiger charge is -2.17. The monoisotopic (exact) mass is 384 g/mol. The zero-order valence-corrected chi connectivity index (χ0v) is 17.0. The van der Waals surface area contributed by atoms with Crippen LogP contribution in [0, 0.1) is 0 Å². The van der Waals surface area contributed by atoms with Crippen molar-refractivity contribution in [3.05, 3.63) is 0 Å². The van der Waals surface area contributed by atoms with E-state index in [0.29, 0.717) is 26.1 Å². The van der Waals surface area contributed by atoms with Gasteiger partial charge < -0.3 is 18.9 Å². The van der Waals surface area contributed by atoms with E-state index in [2.05, 4.69) is 6.92 Å². The molecule has 0 aliphatic carbocycles. The number of rotatable bonds is 13. The molecule has 4 unspecified atom stereocenters. The Kier molecular flexibility index (Phi) is 10.1. The molecule has 2 aliphatic rings. The Labute approximate surface area is 163 Å². The van der Waals surface area contributed by atoms with Crippen molar-refractivity contribution in [2.45, 2.75) is 109 Å². The fourth-order valence-electron chi connectivity index (χ4n) is 3.69. The van der Waals surface area contributed by atoms with Gasteiger partial charge in [0.25, 0.3) is 0 Å². The molecule has 0 amide bonds. The third-order valence-electron chi connectivity index (χ3n) is 5.22. The maximum atomic E-state index is 12.1. The number of fused-ring (bicyclic) bond motifs is 1. The summed E-state index contributed by atoms with van der Waals surface area (Å²) in [5, 5.41) is 0. The maximum Gasteiger partial charge on any atom is 0.306 e. The SMILES string of the molecule is CCCCCCCCCCC(=O)OC1COC2C(OC(=O)CCC)COC12. The van der Waals surface area contributed by atoms with E-state index in [4.69, 9.17) is 18.9 Å². The van der Waals surface area contributed by atoms with Crippen molar-refractivity contribution < 1.29 is 28.5 Å². The summed E-state index contributed by atoms with van der Waals surface area (Å²) in [6.45, 7) is 4.76. The minimum absolute atomic E-state index is 0.190. The van der Waals surface area contributed by atoms with Crippen LogP contribution in [0.3, 0.4) is 0 Å². The summed E-state index contributed by atoms with van der Waals surface area (Å²) in [6, 6.07) is 0. The smallest absolute Gasteiger partial charge is 0.306 e. The van der Waals surface area contributed by atoms with Gasteiger partial charge >= 0.3 is 11.9 Å². The highest BCUT2D eigenvalue weighted by molar-refractivity contribution is 5.70. The van der Waals surface area contributed by atoms with Gasteiger partial charge in [0, 0.05) is 12.8 Å². The van der Waals surface area contributed by atoms with Crippen molar-refractivity contribution in [2.75, 3.05) is 13.2 Å². The molecule has 2 saturated heterocycles. The second-order valence-corrected chi connectivity index (χ2v) is 7.63. The van der Waals surface area contributed by atoms with Gasteiger partial charge in [-0.3, -0.25) is 9.59 Å². The number of unbranched alkanes of at least 4 members (excludes halogenated alkanes) is 7. The lowest BCUT2D eigenvalue weighted by Crippen LogP contribution is -2.35. The van der Waals surface area contributed by atoms with Crippen molar-refractivity contribution in [1.29, 1.82) is 0 Å². The Hall–Kier alpha value is -1.14. The third kappa shape index (κ3) is 7.41. The second kappa shape index (κ2) is 12.3. The molecule has 0 N–H and O–H groups in total. The lowest BCUT2D eigenvalue weighted by atomic mass is 10.1. The molecule has 0 radical (unpaired) electrons. The fraction of sp³-hybridized carbons (Fsp3) is 0.905. The molecule has 0 aromatic carbocycles. The minimum Gasteiger partial charge on any atom is -0.457 e. The first-order valence-corrected chi connectivity index (χ1v) is 10.8. The van der Waals surface area contributed by atoms with E-state index in [1.54, 1.807) is 0 Å². The Morgan fingerprint density at radius 3 is 1.70 bits per heavy atom. The van der Waals surface area contributed by atoms with Gasteiger partial charge in [0.2, 0.25) is 0 Å². The quantitative estimate of drug-likeness (QED) is 0.354. The number of hydrogen-bond donors (Lipinski definition) is 0. The van der Waals surface area contributed by atoms with Gasteiger partial charge in [-0.15, -0.1) is 0 Å². The average molecular weight is 385 g/mol. The summed E-state index contributed by atoms with van der Waals surface area (Å²) >= 11 is 0. The molecule has 0 aromatic rings. The molecule has 2 rings (SSSR count). The largest absolute Gasteiger partial charge is 0.457 e. The van der Waals surface area contributed by atoms with E-state index in [0.717, 1.165) is 19.3 Å². The average Bonchev–Trinajstić information content (AvgIpc) is 3.21. The molecule has 156 valence electrons. The number of hydrogen-bond acceptors (Lipinski definition) is 6. The van der Waals surface area contributed by atoms with E-state index in [9.17, 15) is 9.59 Å². The van der Waals surface area contributed by atoms with E-state index in [1.165, 1.54) is 38.5 Å². The summed E-state index contributed by atoms with van der Waals surface area (Å²) in [7, 11) is 0. The molecule has 2 fully saturated rings. The second-order valence-electron chi connectivity index (χ2n) is 7.63. The topological polar surface area (TPSA) is 71.1 Å². The molecule has 0 spiro atoms. The molecular formula is C21H36O6. The van der Waals surface area contributed by atoms with Gasteiger partial charge in [0.15, 0.2) is 12.2 Å². The number of carbonyl (C=O) groups excluding carboxylic acids is 2. The summed E-state index contributed by atoms with van der Waals surface area (Å²) < 4.78 is 22.4. The first kappa shape index (κ1) is 22.2. The van der Waals surface area contributed by atoms with Crippen molar-refractivity contribution in [3.63, 3.8) is 0 Å². The Morgan fingerprint density at radius 1 is 0.704 bits per heavy atom. The van der Waals surface area contributed by atoms with Crippen molar-refractivity contribution in [1.82, 2.24) is 0 Å². The predicted octanol–water partition coefficient (Wildman–Crippen LogP) is 3.94. The molecule has 0 aromatic heterocycles. The minimum atomic E-state index is -0.398. The van der Waals surface area contributed by atoms with E-state index < -0.39 is 12.2 Å². The molecule has 0 saturated carbocycles. The first-order chi connectivity index (χ1) is 13.2. The van der Waals surface area contributed by atoms with Gasteiger partial charge in [-0.2, -0.15) is 0 Å². The Morgan fingerprint density at radius 2 is 1.19 bits per heavy atom. The normalized spacial score (nSPS) is 26.7. The summed E-state index contributed by atoms with van der Waals surface area (Å²) in [5.74, 6) is -0.421. The predicted molar refractivity (Wildman–Crippen MR) is 101 cm³/mol. The molecular weight excluding hydrogens is 348 g/mol. The van der Waals surface area contributed by atoms with Crippen LogP contribution in [-0.4, -0.2) is 49.6 Å². The number of esters is 2. The van der Waals surface area contributed by atoms with E-state index >= 15 is 0 Å². The standard InChI is InChI=1S/C21H36O6/c1-3-5-6-7-8-9-10-11-13-19(23)27-17-15-25-20-16(14-24-21(17)20)26-18(22)12-4-2/h16-17,20-21H,3-15H2,1-2H3. The van der Waals surface area contributed by atoms with Crippen molar-refractivity contribution in [3.8, 4) is 0 Å². The summed E-state index contributed by atoms with van der Waals surface area (Å²) in [6.07, 6.45) is 9.71. The van der Waals surface area contributed by atoms with Crippen LogP contribution >= 0.6 is 0 Å². The maximum absolute atomic E-state index is 12.1. The van der Waals surface area contributed by atoms with E-state index in [1.807, 2.05) is 6.92 Å². The van der Waals surface area contributed by atoms with E-state index in [-0.39, 0.29) is 24.1 Å². The third-order valence-corrected chi connectivity index (χ3v) is 5.22. The molecule has 0 bridgehead atoms. The van der Waals surface area contributed by atoms with Gasteiger partial charge in [-0.25, -0.2) is 0 Å². The number of ether oxygens (including phenoxy) is 4. The van der Waals surface area contributed by atoms with Crippen molar-refractivity contribution >= 4 is 11.9 Å². The molecule has 6 nitrogen and oxygen atoms in total. The van der Waals surface area contributed by atoms with Crippen LogP contribution < -0.4 is 0 Å². The highest BCUT2D eigenvalue weighted by Gasteiger charge is 2.51. The Bertz CT molecular complexity index is 452. The zero-order valence-electron chi connectivity index (χ0n) is 17.0. The van der Waals surface area contributed by atoms with Crippen LogP contribution in [0.4, 0.5) is 0 Å². The number of carbonyl (C=O) groups is 2. The highest BCUT2D eigenvalue weighted by Crippen LogP contribution is 2.31. The fourth-order valence-corrected chi connectivity index (χ4v) is 3.69. The van der Waals surface area contributed by atoms with Crippen LogP contribution in [-0.2, 0) is 28.5 Å². The molecule has 2 aliphatic heterocycles. The summed E-state index contributed by atoms with van der Waals surface area (Å²) in [4.78, 5) is 23.8. The zero-order chi connectivity index (χ0) is 19.5. The van der Waals surface area contributed by atoms with Crippen LogP contribution in [0.15, 0.2) is 0 Å². The molecule has 4 atom stereocenters. The van der Waals surface area contributed by atoms with Crippen LogP contribution in [0.25, 0.3) is 0 Å². The van der Waals surface area contributed by atoms with Gasteiger partial charge in [-0.1, -0.05) is 58.8 Å². The highest BCUT2D eigenvalue weighted by atomic mass is 16.7.